The molecule has 0 unspecified atom stereocenters. The fraction of sp³-hybridized carbons (Fsp3) is 0.643. The molecule has 5 heteroatoms. The maximum Gasteiger partial charge on any atom is 0.0876 e. The number of hydrogen-bond donors (Lipinski definition) is 1. The average Bonchev–Trinajstić information content (AvgIpc) is 3.24. The van der Waals surface area contributed by atoms with Crippen LogP contribution in [0.25, 0.3) is 32.7 Å². The van der Waals surface area contributed by atoms with Crippen molar-refractivity contribution in [1.82, 2.24) is 0 Å². The van der Waals surface area contributed by atoms with Gasteiger partial charge in [0.05, 0.1) is 32.3 Å². The number of benzene rings is 4. The highest BCUT2D eigenvalue weighted by Gasteiger charge is 2.39. The molecular formula is C56H95NSi4. The zero-order valence-electron chi connectivity index (χ0n) is 42.2. The number of nitrogens with two attached hydrogens (primary N) is 1. The van der Waals surface area contributed by atoms with Gasteiger partial charge in [0, 0.05) is 11.3 Å². The highest BCUT2D eigenvalue weighted by atomic mass is 28.3. The first-order valence-electron chi connectivity index (χ1n) is 26.5. The largest absolute Gasteiger partial charge is 0.398 e. The monoisotopic (exact) mass is 894 g/mol. The van der Waals surface area contributed by atoms with Crippen LogP contribution < -0.4 is 26.5 Å². The lowest BCUT2D eigenvalue weighted by Gasteiger charge is -2.36. The number of anilines is 1. The SMILES string of the molecule is CCC[Si](CCC)(CCC)c1ccc2c(-c3c(N)cc([Si](CCC)(CCC)CCC)c4cc([Si](CCC)(CCC)CCC)ccc34)ccc([Si](CCC)(CCC)CCC)c2c1. The van der Waals surface area contributed by atoms with E-state index >= 15 is 0 Å². The zero-order chi connectivity index (χ0) is 44.7. The van der Waals surface area contributed by atoms with E-state index in [1.165, 1.54) is 171 Å². The van der Waals surface area contributed by atoms with Crippen molar-refractivity contribution in [3.63, 3.8) is 0 Å². The highest BCUT2D eigenvalue weighted by molar-refractivity contribution is 6.95. The molecule has 0 saturated heterocycles. The Kier molecular flexibility index (Phi) is 20.7. The van der Waals surface area contributed by atoms with E-state index in [0.29, 0.717) is 0 Å². The van der Waals surface area contributed by atoms with Crippen molar-refractivity contribution in [3.05, 3.63) is 54.6 Å². The zero-order valence-corrected chi connectivity index (χ0v) is 46.2. The van der Waals surface area contributed by atoms with Gasteiger partial charge in [-0.1, -0.05) is 297 Å². The van der Waals surface area contributed by atoms with Crippen LogP contribution in [0.15, 0.2) is 54.6 Å². The van der Waals surface area contributed by atoms with Crippen molar-refractivity contribution >= 4 is 80.3 Å². The standard InChI is InChI=1S/C56H95NSi4/c1-13-31-58(32-14-2,33-15-3)46-25-27-48-49(29-30-54(51(48)43-46)60(37-19-7,38-20-8)39-21-9)56-50-28-26-47(59(34-16-4,35-17-5)36-18-6)44-52(50)55(45-53(56)57)61(40-22-10,41-23-11)42-24-12/h25-30,43-45H,13-24,31-42,57H2,1-12H3. The van der Waals surface area contributed by atoms with Gasteiger partial charge >= 0.3 is 0 Å². The molecule has 0 spiro atoms. The van der Waals surface area contributed by atoms with Gasteiger partial charge in [-0.15, -0.1) is 0 Å². The highest BCUT2D eigenvalue weighted by Crippen LogP contribution is 2.42. The van der Waals surface area contributed by atoms with Crippen molar-refractivity contribution < 1.29 is 0 Å². The second kappa shape index (κ2) is 24.4. The third-order valence-corrected chi connectivity index (χ3v) is 39.3. The maximum atomic E-state index is 7.69. The van der Waals surface area contributed by atoms with E-state index in [1.54, 1.807) is 31.5 Å². The van der Waals surface area contributed by atoms with Gasteiger partial charge in [-0.25, -0.2) is 0 Å². The average molecular weight is 895 g/mol. The van der Waals surface area contributed by atoms with Crippen LogP contribution in [0.2, 0.25) is 72.5 Å². The number of fused-ring (bicyclic) bond motifs is 2. The van der Waals surface area contributed by atoms with Crippen molar-refractivity contribution in [2.24, 2.45) is 0 Å². The van der Waals surface area contributed by atoms with Crippen molar-refractivity contribution in [1.29, 1.82) is 0 Å². The van der Waals surface area contributed by atoms with Gasteiger partial charge in [-0.05, 0) is 38.4 Å². The quantitative estimate of drug-likeness (QED) is 0.0427. The summed E-state index contributed by atoms with van der Waals surface area (Å²) < 4.78 is 0. The summed E-state index contributed by atoms with van der Waals surface area (Å²) in [6.07, 6.45) is 15.4. The predicted octanol–water partition coefficient (Wildman–Crippen LogP) is 16.8. The summed E-state index contributed by atoms with van der Waals surface area (Å²) in [5.41, 5.74) is 11.4. The Morgan fingerprint density at radius 3 is 0.984 bits per heavy atom. The molecule has 0 bridgehead atoms. The fourth-order valence-corrected chi connectivity index (χ4v) is 35.9. The van der Waals surface area contributed by atoms with Crippen LogP contribution in [0, 0.1) is 0 Å². The van der Waals surface area contributed by atoms with E-state index in [-0.39, 0.29) is 0 Å². The lowest BCUT2D eigenvalue weighted by Crippen LogP contribution is -2.50. The Morgan fingerprint density at radius 2 is 0.623 bits per heavy atom. The molecule has 61 heavy (non-hydrogen) atoms. The van der Waals surface area contributed by atoms with Gasteiger partial charge in [0.2, 0.25) is 0 Å². The predicted molar refractivity (Wildman–Crippen MR) is 294 cm³/mol. The molecule has 4 rings (SSSR count). The second-order valence-corrected chi connectivity index (χ2v) is 38.7. The molecule has 0 saturated carbocycles. The Balaban J connectivity index is 2.28. The second-order valence-electron chi connectivity index (χ2n) is 20.2. The molecule has 340 valence electrons. The van der Waals surface area contributed by atoms with Gasteiger partial charge in [0.15, 0.2) is 0 Å². The molecule has 4 aromatic rings. The van der Waals surface area contributed by atoms with Gasteiger partial charge in [0.25, 0.3) is 0 Å². The lowest BCUT2D eigenvalue weighted by atomic mass is 9.92. The Hall–Kier alpha value is -1.93. The molecule has 4 aromatic carbocycles. The van der Waals surface area contributed by atoms with Gasteiger partial charge < -0.3 is 5.73 Å². The third kappa shape index (κ3) is 11.0. The minimum Gasteiger partial charge on any atom is -0.398 e. The number of rotatable bonds is 29. The number of hydrogen-bond acceptors (Lipinski definition) is 1. The molecule has 0 aliphatic heterocycles. The van der Waals surface area contributed by atoms with Crippen molar-refractivity contribution in [2.45, 2.75) is 233 Å². The summed E-state index contributed by atoms with van der Waals surface area (Å²) in [6.45, 7) is 29.4. The molecule has 2 N–H and O–H groups in total. The Bertz CT molecular complexity index is 1880. The van der Waals surface area contributed by atoms with E-state index in [9.17, 15) is 0 Å². The molecular weight excluding hydrogens is 799 g/mol. The molecule has 0 atom stereocenters. The molecule has 0 fully saturated rings. The summed E-state index contributed by atoms with van der Waals surface area (Å²) in [6, 6.07) is 40.8. The van der Waals surface area contributed by atoms with Crippen LogP contribution in [0.5, 0.6) is 0 Å². The summed E-state index contributed by atoms with van der Waals surface area (Å²) in [5, 5.41) is 13.1. The summed E-state index contributed by atoms with van der Waals surface area (Å²) in [5.74, 6) is 0. The normalized spacial score (nSPS) is 12.9. The topological polar surface area (TPSA) is 26.0 Å². The smallest absolute Gasteiger partial charge is 0.0876 e. The first kappa shape index (κ1) is 51.7. The Labute approximate surface area is 382 Å². The van der Waals surface area contributed by atoms with Crippen LogP contribution in [0.3, 0.4) is 0 Å². The number of nitrogen functional groups attached to an aromatic ring is 1. The molecule has 1 nitrogen and oxygen atoms in total. The van der Waals surface area contributed by atoms with Gasteiger partial charge in [-0.2, -0.15) is 0 Å². The van der Waals surface area contributed by atoms with Gasteiger partial charge in [0.1, 0.15) is 0 Å². The van der Waals surface area contributed by atoms with Crippen molar-refractivity contribution in [3.8, 4) is 11.1 Å². The van der Waals surface area contributed by atoms with Crippen LogP contribution in [-0.2, 0) is 0 Å². The molecule has 0 amide bonds. The fourth-order valence-electron chi connectivity index (χ4n) is 13.8. The van der Waals surface area contributed by atoms with Crippen molar-refractivity contribution in [2.75, 3.05) is 5.73 Å². The summed E-state index contributed by atoms with van der Waals surface area (Å²) in [7, 11) is -7.00. The van der Waals surface area contributed by atoms with Crippen LogP contribution in [0.4, 0.5) is 5.69 Å². The van der Waals surface area contributed by atoms with Crippen LogP contribution >= 0.6 is 0 Å². The third-order valence-electron chi connectivity index (χ3n) is 15.6. The minimum absolute atomic E-state index is 1.03. The van der Waals surface area contributed by atoms with Crippen LogP contribution in [-0.4, -0.2) is 32.3 Å². The molecule has 0 heterocycles. The first-order chi connectivity index (χ1) is 29.5. The van der Waals surface area contributed by atoms with Gasteiger partial charge in [-0.3, -0.25) is 0 Å². The summed E-state index contributed by atoms with van der Waals surface area (Å²) >= 11 is 0. The Morgan fingerprint density at radius 1 is 0.311 bits per heavy atom. The molecule has 0 aliphatic rings. The summed E-state index contributed by atoms with van der Waals surface area (Å²) in [4.78, 5) is 0. The molecule has 0 radical (unpaired) electrons. The lowest BCUT2D eigenvalue weighted by molar-refractivity contribution is 0.937. The van der Waals surface area contributed by atoms with E-state index in [0.717, 1.165) is 5.69 Å². The first-order valence-corrected chi connectivity index (χ1v) is 37.0. The van der Waals surface area contributed by atoms with E-state index in [2.05, 4.69) is 138 Å². The van der Waals surface area contributed by atoms with Crippen LogP contribution in [0.1, 0.15) is 160 Å². The molecule has 0 aromatic heterocycles. The van der Waals surface area contributed by atoms with E-state index < -0.39 is 32.3 Å². The van der Waals surface area contributed by atoms with E-state index in [4.69, 9.17) is 5.73 Å². The maximum absolute atomic E-state index is 7.69. The minimum atomic E-state index is -1.85. The molecule has 0 aliphatic carbocycles. The van der Waals surface area contributed by atoms with E-state index in [1.807, 2.05) is 0 Å².